The minimum absolute atomic E-state index is 0.186. The van der Waals surface area contributed by atoms with Gasteiger partial charge in [-0.3, -0.25) is 9.69 Å². The quantitative estimate of drug-likeness (QED) is 0.722. The molecule has 1 fully saturated rings. The Morgan fingerprint density at radius 3 is 2.60 bits per heavy atom. The molecule has 1 aromatic carbocycles. The van der Waals surface area contributed by atoms with Gasteiger partial charge in [0.15, 0.2) is 0 Å². The van der Waals surface area contributed by atoms with E-state index in [1.54, 1.807) is 0 Å². The predicted octanol–water partition coefficient (Wildman–Crippen LogP) is 3.21. The topological polar surface area (TPSA) is 44.4 Å². The van der Waals surface area contributed by atoms with Crippen molar-refractivity contribution in [3.8, 4) is 0 Å². The lowest BCUT2D eigenvalue weighted by Crippen LogP contribution is -2.39. The van der Waals surface area contributed by atoms with E-state index in [0.29, 0.717) is 24.8 Å². The molecule has 25 heavy (non-hydrogen) atoms. The van der Waals surface area contributed by atoms with Gasteiger partial charge in [-0.25, -0.2) is 0 Å². The summed E-state index contributed by atoms with van der Waals surface area (Å²) in [5, 5.41) is 6.65. The van der Waals surface area contributed by atoms with Gasteiger partial charge >= 0.3 is 0 Å². The van der Waals surface area contributed by atoms with Crippen molar-refractivity contribution in [2.45, 2.75) is 46.1 Å². The zero-order valence-corrected chi connectivity index (χ0v) is 16.1. The Bertz CT molecular complexity index is 495. The summed E-state index contributed by atoms with van der Waals surface area (Å²) >= 11 is 0. The third kappa shape index (κ3) is 6.12. The molecule has 1 heterocycles. The molecule has 0 spiro atoms. The van der Waals surface area contributed by atoms with Crippen LogP contribution >= 0.6 is 0 Å². The van der Waals surface area contributed by atoms with Crippen molar-refractivity contribution in [1.29, 1.82) is 0 Å². The monoisotopic (exact) mass is 345 g/mol. The number of nitrogens with one attached hydrogen (secondary N) is 2. The number of likely N-dealkylation sites (N-methyl/N-ethyl adjacent to an activating group) is 1. The molecule has 3 atom stereocenters. The van der Waals surface area contributed by atoms with Crippen molar-refractivity contribution >= 4 is 5.91 Å². The molecule has 2 N–H and O–H groups in total. The van der Waals surface area contributed by atoms with E-state index in [1.165, 1.54) is 18.4 Å². The Balaban J connectivity index is 1.89. The average Bonchev–Trinajstić information content (AvgIpc) is 2.66. The minimum Gasteiger partial charge on any atom is -0.354 e. The zero-order valence-electron chi connectivity index (χ0n) is 16.1. The number of nitrogens with zero attached hydrogens (tertiary/aromatic N) is 1. The number of hydrogen-bond donors (Lipinski definition) is 2. The molecule has 3 unspecified atom stereocenters. The number of rotatable bonds is 9. The molecule has 4 nitrogen and oxygen atoms in total. The first-order valence-corrected chi connectivity index (χ1v) is 9.92. The molecule has 0 saturated carbocycles. The fourth-order valence-corrected chi connectivity index (χ4v) is 3.90. The van der Waals surface area contributed by atoms with Crippen LogP contribution in [-0.2, 0) is 4.79 Å². The number of hydrogen-bond acceptors (Lipinski definition) is 3. The second kappa shape index (κ2) is 10.6. The van der Waals surface area contributed by atoms with Gasteiger partial charge < -0.3 is 10.6 Å². The number of benzene rings is 1. The molecule has 140 valence electrons. The van der Waals surface area contributed by atoms with E-state index in [0.717, 1.165) is 26.2 Å². The van der Waals surface area contributed by atoms with Gasteiger partial charge in [-0.05, 0) is 56.4 Å². The molecule has 2 rings (SSSR count). The number of piperidine rings is 1. The molecule has 1 aliphatic heterocycles. The van der Waals surface area contributed by atoms with Gasteiger partial charge in [-0.2, -0.15) is 0 Å². The highest BCUT2D eigenvalue weighted by Crippen LogP contribution is 2.23. The summed E-state index contributed by atoms with van der Waals surface area (Å²) in [6.45, 7) is 11.4. The van der Waals surface area contributed by atoms with Crippen LogP contribution in [-0.4, -0.2) is 43.5 Å². The zero-order chi connectivity index (χ0) is 18.1. The molecule has 1 saturated heterocycles. The SMILES string of the molecule is CCN(CC)C(CNC(=O)CC(C)C1CCCNC1)c1ccccc1. The summed E-state index contributed by atoms with van der Waals surface area (Å²) < 4.78 is 0. The van der Waals surface area contributed by atoms with E-state index in [-0.39, 0.29) is 11.9 Å². The Morgan fingerprint density at radius 2 is 2.00 bits per heavy atom. The summed E-state index contributed by atoms with van der Waals surface area (Å²) in [5.74, 6) is 1.26. The molecule has 4 heteroatoms. The fourth-order valence-electron chi connectivity index (χ4n) is 3.90. The van der Waals surface area contributed by atoms with Crippen LogP contribution in [0.5, 0.6) is 0 Å². The summed E-state index contributed by atoms with van der Waals surface area (Å²) in [4.78, 5) is 14.9. The normalized spacial score (nSPS) is 20.2. The van der Waals surface area contributed by atoms with Crippen LogP contribution in [0.25, 0.3) is 0 Å². The minimum atomic E-state index is 0.186. The van der Waals surface area contributed by atoms with Crippen LogP contribution in [0, 0.1) is 11.8 Å². The number of carbonyl (C=O) groups excluding carboxylic acids is 1. The summed E-state index contributed by atoms with van der Waals surface area (Å²) in [7, 11) is 0. The van der Waals surface area contributed by atoms with Crippen LogP contribution in [0.1, 0.15) is 51.6 Å². The fraction of sp³-hybridized carbons (Fsp3) is 0.667. The maximum Gasteiger partial charge on any atom is 0.220 e. The van der Waals surface area contributed by atoms with Crippen LogP contribution in [0.4, 0.5) is 0 Å². The van der Waals surface area contributed by atoms with Crippen LogP contribution in [0.15, 0.2) is 30.3 Å². The standard InChI is InChI=1S/C21H35N3O/c1-4-24(5-2)20(18-10-7-6-8-11-18)16-23-21(25)14-17(3)19-12-9-13-22-15-19/h6-8,10-11,17,19-20,22H,4-5,9,12-16H2,1-3H3,(H,23,25). The maximum absolute atomic E-state index is 12.5. The summed E-state index contributed by atoms with van der Waals surface area (Å²) in [6.07, 6.45) is 3.11. The Hall–Kier alpha value is -1.39. The highest BCUT2D eigenvalue weighted by Gasteiger charge is 2.23. The first-order valence-electron chi connectivity index (χ1n) is 9.92. The molecule has 1 aliphatic rings. The number of carbonyl (C=O) groups is 1. The molecule has 1 aromatic rings. The Morgan fingerprint density at radius 1 is 1.28 bits per heavy atom. The molecular weight excluding hydrogens is 310 g/mol. The van der Waals surface area contributed by atoms with Crippen molar-refractivity contribution in [3.05, 3.63) is 35.9 Å². The predicted molar refractivity (Wildman–Crippen MR) is 104 cm³/mol. The van der Waals surface area contributed by atoms with E-state index in [9.17, 15) is 4.79 Å². The van der Waals surface area contributed by atoms with Gasteiger partial charge in [0.05, 0.1) is 6.04 Å². The van der Waals surface area contributed by atoms with Crippen molar-refractivity contribution in [3.63, 3.8) is 0 Å². The largest absolute Gasteiger partial charge is 0.354 e. The third-order valence-electron chi connectivity index (χ3n) is 5.58. The van der Waals surface area contributed by atoms with Crippen molar-refractivity contribution in [1.82, 2.24) is 15.5 Å². The molecule has 0 bridgehead atoms. The van der Waals surface area contributed by atoms with Gasteiger partial charge in [-0.15, -0.1) is 0 Å². The number of amides is 1. The molecule has 0 aromatic heterocycles. The van der Waals surface area contributed by atoms with E-state index in [1.807, 2.05) is 6.07 Å². The maximum atomic E-state index is 12.5. The van der Waals surface area contributed by atoms with E-state index in [2.05, 4.69) is 60.6 Å². The van der Waals surface area contributed by atoms with Crippen molar-refractivity contribution < 1.29 is 4.79 Å². The average molecular weight is 346 g/mol. The summed E-state index contributed by atoms with van der Waals surface area (Å²) in [6, 6.07) is 10.8. The summed E-state index contributed by atoms with van der Waals surface area (Å²) in [5.41, 5.74) is 1.27. The Kier molecular flexibility index (Phi) is 8.42. The van der Waals surface area contributed by atoms with Crippen molar-refractivity contribution in [2.24, 2.45) is 11.8 Å². The van der Waals surface area contributed by atoms with Gasteiger partial charge in [0.2, 0.25) is 5.91 Å². The van der Waals surface area contributed by atoms with Gasteiger partial charge in [0.25, 0.3) is 0 Å². The van der Waals surface area contributed by atoms with Gasteiger partial charge in [0.1, 0.15) is 0 Å². The highest BCUT2D eigenvalue weighted by molar-refractivity contribution is 5.76. The molecular formula is C21H35N3O. The van der Waals surface area contributed by atoms with Crippen LogP contribution in [0.3, 0.4) is 0 Å². The van der Waals surface area contributed by atoms with Crippen LogP contribution < -0.4 is 10.6 Å². The van der Waals surface area contributed by atoms with E-state index >= 15 is 0 Å². The van der Waals surface area contributed by atoms with Crippen LogP contribution in [0.2, 0.25) is 0 Å². The first-order chi connectivity index (χ1) is 12.2. The van der Waals surface area contributed by atoms with Crippen molar-refractivity contribution in [2.75, 3.05) is 32.7 Å². The lowest BCUT2D eigenvalue weighted by molar-refractivity contribution is -0.122. The third-order valence-corrected chi connectivity index (χ3v) is 5.58. The second-order valence-corrected chi connectivity index (χ2v) is 7.24. The Labute approximate surface area is 153 Å². The lowest BCUT2D eigenvalue weighted by Gasteiger charge is -2.31. The van der Waals surface area contributed by atoms with Gasteiger partial charge in [0, 0.05) is 13.0 Å². The second-order valence-electron chi connectivity index (χ2n) is 7.24. The van der Waals surface area contributed by atoms with Gasteiger partial charge in [-0.1, -0.05) is 51.1 Å². The first kappa shape index (κ1) is 19.9. The molecule has 0 aliphatic carbocycles. The molecule has 0 radical (unpaired) electrons. The van der Waals surface area contributed by atoms with E-state index < -0.39 is 0 Å². The van der Waals surface area contributed by atoms with E-state index in [4.69, 9.17) is 0 Å². The highest BCUT2D eigenvalue weighted by atomic mass is 16.1. The molecule has 1 amide bonds. The lowest BCUT2D eigenvalue weighted by atomic mass is 9.85. The smallest absolute Gasteiger partial charge is 0.220 e.